The van der Waals surface area contributed by atoms with Crippen LogP contribution in [0.4, 0.5) is 8.78 Å². The molecule has 0 amide bonds. The average molecular weight is 379 g/mol. The summed E-state index contributed by atoms with van der Waals surface area (Å²) >= 11 is 0. The van der Waals surface area contributed by atoms with Crippen LogP contribution in [-0.4, -0.2) is 31.6 Å². The Hall–Kier alpha value is -2.12. The number of benzene rings is 2. The molecule has 0 saturated carbocycles. The Bertz CT molecular complexity index is 918. The molecule has 0 unspecified atom stereocenters. The summed E-state index contributed by atoms with van der Waals surface area (Å²) in [6.45, 7) is 2.13. The smallest absolute Gasteiger partial charge is 0.246 e. The van der Waals surface area contributed by atoms with E-state index in [0.717, 1.165) is 22.0 Å². The molecule has 2 aromatic rings. The minimum absolute atomic E-state index is 0.0148. The summed E-state index contributed by atoms with van der Waals surface area (Å²) in [5, 5.41) is 0. The van der Waals surface area contributed by atoms with Gasteiger partial charge in [0.05, 0.1) is 0 Å². The van der Waals surface area contributed by atoms with Crippen LogP contribution in [0.2, 0.25) is 0 Å². The molecule has 0 atom stereocenters. The first kappa shape index (κ1) is 18.7. The third-order valence-electron chi connectivity index (χ3n) is 4.67. The summed E-state index contributed by atoms with van der Waals surface area (Å²) in [5.41, 5.74) is 1.66. The highest BCUT2D eigenvalue weighted by molar-refractivity contribution is 7.89. The number of hydrogen-bond donors (Lipinski definition) is 0. The van der Waals surface area contributed by atoms with Crippen LogP contribution in [0.25, 0.3) is 0 Å². The van der Waals surface area contributed by atoms with Crippen LogP contribution in [0.5, 0.6) is 0 Å². The lowest BCUT2D eigenvalue weighted by Crippen LogP contribution is -2.40. The largest absolute Gasteiger partial charge is 0.294 e. The summed E-state index contributed by atoms with van der Waals surface area (Å²) in [4.78, 5) is 11.9. The molecule has 0 radical (unpaired) electrons. The van der Waals surface area contributed by atoms with Crippen LogP contribution >= 0.6 is 0 Å². The molecular formula is C19H19F2NO3S. The van der Waals surface area contributed by atoms with Gasteiger partial charge in [-0.2, -0.15) is 4.31 Å². The molecule has 1 fully saturated rings. The lowest BCUT2D eigenvalue weighted by atomic mass is 9.89. The molecule has 1 saturated heterocycles. The Morgan fingerprint density at radius 3 is 2.27 bits per heavy atom. The number of aryl methyl sites for hydroxylation is 1. The fourth-order valence-corrected chi connectivity index (χ4v) is 4.67. The molecule has 138 valence electrons. The van der Waals surface area contributed by atoms with Gasteiger partial charge in [0.15, 0.2) is 5.78 Å². The van der Waals surface area contributed by atoms with E-state index in [1.165, 1.54) is 0 Å². The van der Waals surface area contributed by atoms with Crippen molar-refractivity contribution < 1.29 is 22.0 Å². The Kier molecular flexibility index (Phi) is 5.20. The van der Waals surface area contributed by atoms with Crippen molar-refractivity contribution in [3.8, 4) is 0 Å². The maximum Gasteiger partial charge on any atom is 0.246 e. The van der Waals surface area contributed by atoms with Gasteiger partial charge in [-0.05, 0) is 38.0 Å². The van der Waals surface area contributed by atoms with E-state index in [1.54, 1.807) is 12.1 Å². The lowest BCUT2D eigenvalue weighted by molar-refractivity contribution is 0.0875. The van der Waals surface area contributed by atoms with E-state index in [4.69, 9.17) is 0 Å². The SMILES string of the molecule is Cc1ccc(C(=O)C2CCN(S(=O)(=O)c3cc(F)ccc3F)CC2)cc1. The zero-order valence-corrected chi connectivity index (χ0v) is 15.1. The number of carbonyl (C=O) groups excluding carboxylic acids is 1. The summed E-state index contributed by atoms with van der Waals surface area (Å²) < 4.78 is 53.5. The van der Waals surface area contributed by atoms with Crippen LogP contribution in [0, 0.1) is 24.5 Å². The molecule has 0 aliphatic carbocycles. The van der Waals surface area contributed by atoms with Crippen molar-refractivity contribution in [1.29, 1.82) is 0 Å². The van der Waals surface area contributed by atoms with E-state index >= 15 is 0 Å². The number of carbonyl (C=O) groups is 1. The minimum atomic E-state index is -4.13. The molecule has 0 bridgehead atoms. The van der Waals surface area contributed by atoms with E-state index in [0.29, 0.717) is 24.5 Å². The molecule has 1 heterocycles. The number of piperidine rings is 1. The molecule has 1 aliphatic heterocycles. The molecule has 26 heavy (non-hydrogen) atoms. The van der Waals surface area contributed by atoms with Gasteiger partial charge in [0.2, 0.25) is 10.0 Å². The third-order valence-corrected chi connectivity index (χ3v) is 6.59. The topological polar surface area (TPSA) is 54.5 Å². The lowest BCUT2D eigenvalue weighted by Gasteiger charge is -2.30. The van der Waals surface area contributed by atoms with Crippen LogP contribution in [0.1, 0.15) is 28.8 Å². The number of ketones is 1. The molecule has 1 aliphatic rings. The summed E-state index contributed by atoms with van der Waals surface area (Å²) in [5.74, 6) is -2.08. The monoisotopic (exact) mass is 379 g/mol. The van der Waals surface area contributed by atoms with Crippen LogP contribution in [-0.2, 0) is 10.0 Å². The molecule has 0 spiro atoms. The maximum atomic E-state index is 13.9. The van der Waals surface area contributed by atoms with Crippen molar-refractivity contribution in [2.24, 2.45) is 5.92 Å². The average Bonchev–Trinajstić information content (AvgIpc) is 2.64. The van der Waals surface area contributed by atoms with E-state index in [2.05, 4.69) is 0 Å². The quantitative estimate of drug-likeness (QED) is 0.764. The first-order valence-corrected chi connectivity index (χ1v) is 9.79. The van der Waals surface area contributed by atoms with Crippen molar-refractivity contribution in [3.05, 3.63) is 65.2 Å². The highest BCUT2D eigenvalue weighted by Gasteiger charge is 2.34. The first-order chi connectivity index (χ1) is 12.3. The van der Waals surface area contributed by atoms with Gasteiger partial charge in [-0.25, -0.2) is 17.2 Å². The summed E-state index contributed by atoms with van der Waals surface area (Å²) in [6.07, 6.45) is 0.700. The van der Waals surface area contributed by atoms with Crippen molar-refractivity contribution in [1.82, 2.24) is 4.31 Å². The molecule has 2 aromatic carbocycles. The number of Topliss-reactive ketones (excluding diaryl/α,β-unsaturated/α-hetero) is 1. The van der Waals surface area contributed by atoms with Crippen molar-refractivity contribution >= 4 is 15.8 Å². The van der Waals surface area contributed by atoms with Crippen LogP contribution in [0.15, 0.2) is 47.4 Å². The summed E-state index contributed by atoms with van der Waals surface area (Å²) in [7, 11) is -4.13. The van der Waals surface area contributed by atoms with E-state index < -0.39 is 26.6 Å². The number of rotatable bonds is 4. The number of hydrogen-bond acceptors (Lipinski definition) is 3. The van der Waals surface area contributed by atoms with Gasteiger partial charge in [0.25, 0.3) is 0 Å². The Morgan fingerprint density at radius 1 is 1.04 bits per heavy atom. The fraction of sp³-hybridized carbons (Fsp3) is 0.316. The second-order valence-electron chi connectivity index (χ2n) is 6.48. The van der Waals surface area contributed by atoms with Gasteiger partial charge in [-0.1, -0.05) is 29.8 Å². The van der Waals surface area contributed by atoms with Gasteiger partial charge >= 0.3 is 0 Å². The first-order valence-electron chi connectivity index (χ1n) is 8.35. The predicted octanol–water partition coefficient (Wildman–Crippen LogP) is 3.56. The molecule has 0 aromatic heterocycles. The Morgan fingerprint density at radius 2 is 1.65 bits per heavy atom. The molecule has 7 heteroatoms. The van der Waals surface area contributed by atoms with Crippen molar-refractivity contribution in [3.63, 3.8) is 0 Å². The molecule has 4 nitrogen and oxygen atoms in total. The third kappa shape index (κ3) is 3.68. The number of sulfonamides is 1. The highest BCUT2D eigenvalue weighted by Crippen LogP contribution is 2.27. The zero-order chi connectivity index (χ0) is 18.9. The fourth-order valence-electron chi connectivity index (χ4n) is 3.13. The predicted molar refractivity (Wildman–Crippen MR) is 93.4 cm³/mol. The van der Waals surface area contributed by atoms with Crippen molar-refractivity contribution in [2.45, 2.75) is 24.7 Å². The Labute approximate surface area is 151 Å². The normalized spacial score (nSPS) is 16.6. The molecule has 3 rings (SSSR count). The summed E-state index contributed by atoms with van der Waals surface area (Å²) in [6, 6.07) is 9.62. The second-order valence-corrected chi connectivity index (χ2v) is 8.39. The minimum Gasteiger partial charge on any atom is -0.294 e. The van der Waals surface area contributed by atoms with Crippen LogP contribution < -0.4 is 0 Å². The number of halogens is 2. The van der Waals surface area contributed by atoms with Gasteiger partial charge in [0, 0.05) is 24.6 Å². The van der Waals surface area contributed by atoms with Gasteiger partial charge < -0.3 is 0 Å². The zero-order valence-electron chi connectivity index (χ0n) is 14.3. The van der Waals surface area contributed by atoms with Gasteiger partial charge in [-0.3, -0.25) is 4.79 Å². The van der Waals surface area contributed by atoms with Crippen molar-refractivity contribution in [2.75, 3.05) is 13.1 Å². The van der Waals surface area contributed by atoms with Gasteiger partial charge in [0.1, 0.15) is 16.5 Å². The number of nitrogens with zero attached hydrogens (tertiary/aromatic N) is 1. The Balaban J connectivity index is 1.72. The standard InChI is InChI=1S/C19H19F2NO3S/c1-13-2-4-14(5-3-13)19(23)15-8-10-22(11-9-15)26(24,25)18-12-16(20)6-7-17(18)21/h2-7,12,15H,8-11H2,1H3. The highest BCUT2D eigenvalue weighted by atomic mass is 32.2. The molecule has 0 N–H and O–H groups in total. The second kappa shape index (κ2) is 7.25. The van der Waals surface area contributed by atoms with E-state index in [9.17, 15) is 22.0 Å². The van der Waals surface area contributed by atoms with Gasteiger partial charge in [-0.15, -0.1) is 0 Å². The van der Waals surface area contributed by atoms with Crippen LogP contribution in [0.3, 0.4) is 0 Å². The van der Waals surface area contributed by atoms with E-state index in [1.807, 2.05) is 19.1 Å². The maximum absolute atomic E-state index is 13.9. The molecular weight excluding hydrogens is 360 g/mol. The van der Waals surface area contributed by atoms with E-state index in [-0.39, 0.29) is 24.8 Å².